The standard InChI is InChI=1S/C11H11N3S2/c1-6-5-15-10(13-6)11-14-8-3-2-7(12)4-9(8)16-11/h2-4,6H,5,12H2,1H3. The molecule has 1 aromatic carbocycles. The molecule has 82 valence electrons. The van der Waals surface area contributed by atoms with Crippen LogP contribution in [0.5, 0.6) is 0 Å². The minimum atomic E-state index is 0.414. The molecule has 1 unspecified atom stereocenters. The molecule has 3 nitrogen and oxygen atoms in total. The van der Waals surface area contributed by atoms with E-state index in [9.17, 15) is 0 Å². The normalized spacial score (nSPS) is 20.3. The van der Waals surface area contributed by atoms with Crippen molar-refractivity contribution >= 4 is 44.0 Å². The van der Waals surface area contributed by atoms with Crippen molar-refractivity contribution in [3.8, 4) is 0 Å². The van der Waals surface area contributed by atoms with Gasteiger partial charge in [0, 0.05) is 11.4 Å². The Labute approximate surface area is 102 Å². The number of hydrogen-bond acceptors (Lipinski definition) is 5. The van der Waals surface area contributed by atoms with Crippen LogP contribution in [0.2, 0.25) is 0 Å². The van der Waals surface area contributed by atoms with Gasteiger partial charge in [-0.05, 0) is 25.1 Å². The van der Waals surface area contributed by atoms with Crippen LogP contribution < -0.4 is 5.73 Å². The van der Waals surface area contributed by atoms with Gasteiger partial charge in [-0.3, -0.25) is 4.99 Å². The van der Waals surface area contributed by atoms with Crippen molar-refractivity contribution in [2.75, 3.05) is 11.5 Å². The van der Waals surface area contributed by atoms with Crippen molar-refractivity contribution in [3.05, 3.63) is 23.2 Å². The Hall–Kier alpha value is -1.07. The van der Waals surface area contributed by atoms with Gasteiger partial charge < -0.3 is 5.73 Å². The summed E-state index contributed by atoms with van der Waals surface area (Å²) < 4.78 is 1.14. The first-order chi connectivity index (χ1) is 7.72. The van der Waals surface area contributed by atoms with Crippen molar-refractivity contribution in [2.45, 2.75) is 13.0 Å². The first-order valence-corrected chi connectivity index (χ1v) is 6.89. The summed E-state index contributed by atoms with van der Waals surface area (Å²) in [5.41, 5.74) is 7.55. The number of nitrogen functional groups attached to an aromatic ring is 1. The Balaban J connectivity index is 2.09. The minimum absolute atomic E-state index is 0.414. The largest absolute Gasteiger partial charge is 0.399 e. The molecule has 3 rings (SSSR count). The van der Waals surface area contributed by atoms with Crippen molar-refractivity contribution in [1.29, 1.82) is 0 Å². The van der Waals surface area contributed by atoms with Crippen LogP contribution in [0, 0.1) is 0 Å². The highest BCUT2D eigenvalue weighted by atomic mass is 32.2. The molecule has 1 atom stereocenters. The van der Waals surface area contributed by atoms with Crippen molar-refractivity contribution in [3.63, 3.8) is 0 Å². The number of aliphatic imine (C=N–C) groups is 1. The maximum absolute atomic E-state index is 5.75. The van der Waals surface area contributed by atoms with Gasteiger partial charge >= 0.3 is 0 Å². The summed E-state index contributed by atoms with van der Waals surface area (Å²) in [6, 6.07) is 6.24. The van der Waals surface area contributed by atoms with Gasteiger partial charge in [-0.2, -0.15) is 0 Å². The van der Waals surface area contributed by atoms with E-state index in [1.165, 1.54) is 0 Å². The third-order valence-corrected chi connectivity index (χ3v) is 4.77. The van der Waals surface area contributed by atoms with Crippen LogP contribution in [-0.4, -0.2) is 21.8 Å². The number of hydrogen-bond donors (Lipinski definition) is 1. The zero-order valence-corrected chi connectivity index (χ0v) is 10.4. The molecule has 0 spiro atoms. The molecule has 0 radical (unpaired) electrons. The molecule has 0 bridgehead atoms. The van der Waals surface area contributed by atoms with E-state index in [1.807, 2.05) is 18.2 Å². The third-order valence-electron chi connectivity index (χ3n) is 2.39. The number of nitrogens with zero attached hydrogens (tertiary/aromatic N) is 2. The van der Waals surface area contributed by atoms with E-state index in [2.05, 4.69) is 16.9 Å². The summed E-state index contributed by atoms with van der Waals surface area (Å²) in [7, 11) is 0. The molecule has 0 aliphatic carbocycles. The Bertz CT molecular complexity index is 574. The van der Waals surface area contributed by atoms with E-state index in [1.54, 1.807) is 23.1 Å². The second-order valence-electron chi connectivity index (χ2n) is 3.84. The van der Waals surface area contributed by atoms with Gasteiger partial charge in [0.2, 0.25) is 0 Å². The van der Waals surface area contributed by atoms with Gasteiger partial charge in [-0.15, -0.1) is 23.1 Å². The molecule has 2 aromatic rings. The van der Waals surface area contributed by atoms with Gasteiger partial charge in [0.05, 0.1) is 16.3 Å². The first-order valence-electron chi connectivity index (χ1n) is 5.09. The second kappa shape index (κ2) is 3.75. The number of nitrogens with two attached hydrogens (primary N) is 1. The minimum Gasteiger partial charge on any atom is -0.399 e. The van der Waals surface area contributed by atoms with E-state index >= 15 is 0 Å². The van der Waals surface area contributed by atoms with Gasteiger partial charge in [-0.25, -0.2) is 4.98 Å². The molecule has 0 amide bonds. The predicted octanol–water partition coefficient (Wildman–Crippen LogP) is 2.76. The summed E-state index contributed by atoms with van der Waals surface area (Å²) in [5, 5.41) is 2.10. The molecule has 1 aliphatic heterocycles. The van der Waals surface area contributed by atoms with Crippen LogP contribution in [0.1, 0.15) is 11.9 Å². The quantitative estimate of drug-likeness (QED) is 0.791. The monoisotopic (exact) mass is 249 g/mol. The lowest BCUT2D eigenvalue weighted by Gasteiger charge is -1.89. The average Bonchev–Trinajstić information content (AvgIpc) is 2.83. The van der Waals surface area contributed by atoms with E-state index < -0.39 is 0 Å². The van der Waals surface area contributed by atoms with Crippen LogP contribution in [0.15, 0.2) is 23.2 Å². The van der Waals surface area contributed by atoms with Gasteiger partial charge in [0.1, 0.15) is 10.1 Å². The van der Waals surface area contributed by atoms with Crippen molar-refractivity contribution < 1.29 is 0 Å². The Morgan fingerprint density at radius 1 is 1.44 bits per heavy atom. The van der Waals surface area contributed by atoms with Crippen molar-refractivity contribution in [2.24, 2.45) is 4.99 Å². The predicted molar refractivity (Wildman–Crippen MR) is 72.5 cm³/mol. The lowest BCUT2D eigenvalue weighted by atomic mass is 10.3. The molecule has 0 saturated heterocycles. The molecular weight excluding hydrogens is 238 g/mol. The van der Waals surface area contributed by atoms with Crippen LogP contribution in [-0.2, 0) is 0 Å². The Morgan fingerprint density at radius 3 is 3.06 bits per heavy atom. The number of rotatable bonds is 1. The van der Waals surface area contributed by atoms with Crippen LogP contribution in [0.3, 0.4) is 0 Å². The average molecular weight is 249 g/mol. The zero-order valence-electron chi connectivity index (χ0n) is 8.80. The Kier molecular flexibility index (Phi) is 2.37. The van der Waals surface area contributed by atoms with Gasteiger partial charge in [-0.1, -0.05) is 0 Å². The number of anilines is 1. The Morgan fingerprint density at radius 2 is 2.31 bits per heavy atom. The SMILES string of the molecule is CC1CSC(c2nc3ccc(N)cc3s2)=N1. The lowest BCUT2D eigenvalue weighted by Crippen LogP contribution is -1.93. The van der Waals surface area contributed by atoms with E-state index in [4.69, 9.17) is 5.73 Å². The zero-order chi connectivity index (χ0) is 11.1. The van der Waals surface area contributed by atoms with E-state index in [-0.39, 0.29) is 0 Å². The summed E-state index contributed by atoms with van der Waals surface area (Å²) in [6.07, 6.45) is 0. The highest BCUT2D eigenvalue weighted by molar-refractivity contribution is 8.15. The van der Waals surface area contributed by atoms with Crippen LogP contribution in [0.4, 0.5) is 5.69 Å². The second-order valence-corrected chi connectivity index (χ2v) is 5.88. The maximum Gasteiger partial charge on any atom is 0.149 e. The molecule has 1 aromatic heterocycles. The van der Waals surface area contributed by atoms with Crippen LogP contribution >= 0.6 is 23.1 Å². The molecule has 0 fully saturated rings. The smallest absolute Gasteiger partial charge is 0.149 e. The molecular formula is C11H11N3S2. The number of thioether (sulfide) groups is 1. The molecule has 2 N–H and O–H groups in total. The number of fused-ring (bicyclic) bond motifs is 1. The number of aromatic nitrogens is 1. The fourth-order valence-electron chi connectivity index (χ4n) is 1.62. The number of benzene rings is 1. The topological polar surface area (TPSA) is 51.3 Å². The first kappa shape index (κ1) is 10.1. The van der Waals surface area contributed by atoms with E-state index in [0.717, 1.165) is 31.7 Å². The molecule has 16 heavy (non-hydrogen) atoms. The molecule has 5 heteroatoms. The summed E-state index contributed by atoms with van der Waals surface area (Å²) >= 11 is 3.46. The third kappa shape index (κ3) is 1.70. The van der Waals surface area contributed by atoms with E-state index in [0.29, 0.717) is 6.04 Å². The van der Waals surface area contributed by atoms with Gasteiger partial charge in [0.15, 0.2) is 0 Å². The molecule has 0 saturated carbocycles. The summed E-state index contributed by atoms with van der Waals surface area (Å²) in [4.78, 5) is 9.15. The summed E-state index contributed by atoms with van der Waals surface area (Å²) in [5.74, 6) is 1.06. The fourth-order valence-corrected chi connectivity index (χ4v) is 3.73. The fraction of sp³-hybridized carbons (Fsp3) is 0.273. The summed E-state index contributed by atoms with van der Waals surface area (Å²) in [6.45, 7) is 2.13. The maximum atomic E-state index is 5.75. The number of thiazole rings is 1. The highest BCUT2D eigenvalue weighted by Gasteiger charge is 2.18. The van der Waals surface area contributed by atoms with Crippen molar-refractivity contribution in [1.82, 2.24) is 4.98 Å². The molecule has 2 heterocycles. The van der Waals surface area contributed by atoms with Crippen LogP contribution in [0.25, 0.3) is 10.2 Å². The van der Waals surface area contributed by atoms with Gasteiger partial charge in [0.25, 0.3) is 0 Å². The molecule has 1 aliphatic rings. The lowest BCUT2D eigenvalue weighted by molar-refractivity contribution is 0.865. The highest BCUT2D eigenvalue weighted by Crippen LogP contribution is 2.30.